The molecule has 5 nitrogen and oxygen atoms in total. The number of carbonyl (C=O) groups excluding carboxylic acids is 1. The van der Waals surface area contributed by atoms with Crippen LogP contribution in [0.2, 0.25) is 0 Å². The smallest absolute Gasteiger partial charge is 0.257 e. The molecule has 3 rings (SSSR count). The topological polar surface area (TPSA) is 53.6 Å². The average molecular weight is 448 g/mol. The third-order valence-electron chi connectivity index (χ3n) is 4.49. The van der Waals surface area contributed by atoms with Gasteiger partial charge in [-0.25, -0.2) is 0 Å². The Morgan fingerprint density at radius 2 is 1.81 bits per heavy atom. The van der Waals surface area contributed by atoms with Crippen LogP contribution in [-0.2, 0) is 0 Å². The molecule has 0 aliphatic carbocycles. The quantitative estimate of drug-likeness (QED) is 0.671. The summed E-state index contributed by atoms with van der Waals surface area (Å²) in [4.78, 5) is 14.7. The standard InChI is InChI=1S/C20H22BrN3O2S/c1-26-18-10-5-14(13-17(18)21)19(25)23-20(27)22-15-6-8-16(9-7-15)24-11-3-2-4-12-24/h5-10,13H,2-4,11-12H2,1H3,(H2,22,23,25,27). The molecule has 142 valence electrons. The summed E-state index contributed by atoms with van der Waals surface area (Å²) in [6, 6.07) is 13.2. The molecule has 27 heavy (non-hydrogen) atoms. The van der Waals surface area contributed by atoms with E-state index in [-0.39, 0.29) is 11.0 Å². The highest BCUT2D eigenvalue weighted by Crippen LogP contribution is 2.25. The summed E-state index contributed by atoms with van der Waals surface area (Å²) in [6.45, 7) is 2.22. The molecule has 0 spiro atoms. The number of piperidine rings is 1. The predicted molar refractivity (Wildman–Crippen MR) is 117 cm³/mol. The minimum atomic E-state index is -0.277. The number of hydrogen-bond donors (Lipinski definition) is 2. The molecule has 0 bridgehead atoms. The van der Waals surface area contributed by atoms with Crippen molar-refractivity contribution in [2.75, 3.05) is 30.4 Å². The van der Waals surface area contributed by atoms with Crippen LogP contribution in [0.3, 0.4) is 0 Å². The number of amides is 1. The molecule has 0 radical (unpaired) electrons. The van der Waals surface area contributed by atoms with Crippen molar-refractivity contribution in [3.8, 4) is 5.75 Å². The van der Waals surface area contributed by atoms with Crippen molar-refractivity contribution < 1.29 is 9.53 Å². The third-order valence-corrected chi connectivity index (χ3v) is 5.31. The number of thiocarbonyl (C=S) groups is 1. The molecule has 7 heteroatoms. The van der Waals surface area contributed by atoms with Crippen LogP contribution < -0.4 is 20.3 Å². The SMILES string of the molecule is COc1ccc(C(=O)NC(=S)Nc2ccc(N3CCCCC3)cc2)cc1Br. The largest absolute Gasteiger partial charge is 0.496 e. The molecule has 2 N–H and O–H groups in total. The van der Waals surface area contributed by atoms with Gasteiger partial charge in [0.25, 0.3) is 5.91 Å². The van der Waals surface area contributed by atoms with Crippen molar-refractivity contribution in [2.24, 2.45) is 0 Å². The zero-order valence-corrected chi connectivity index (χ0v) is 17.5. The van der Waals surface area contributed by atoms with Crippen LogP contribution in [0.4, 0.5) is 11.4 Å². The molecule has 2 aromatic carbocycles. The molecule has 1 amide bonds. The van der Waals surface area contributed by atoms with Gasteiger partial charge in [-0.05, 0) is 89.9 Å². The van der Waals surface area contributed by atoms with Crippen LogP contribution >= 0.6 is 28.1 Å². The Kier molecular flexibility index (Phi) is 6.68. The van der Waals surface area contributed by atoms with Crippen molar-refractivity contribution in [1.82, 2.24) is 5.32 Å². The van der Waals surface area contributed by atoms with Crippen LogP contribution in [0.1, 0.15) is 29.6 Å². The van der Waals surface area contributed by atoms with Gasteiger partial charge in [0, 0.05) is 30.0 Å². The lowest BCUT2D eigenvalue weighted by Gasteiger charge is -2.28. The zero-order chi connectivity index (χ0) is 19.2. The van der Waals surface area contributed by atoms with E-state index >= 15 is 0 Å². The molecule has 0 unspecified atom stereocenters. The maximum Gasteiger partial charge on any atom is 0.257 e. The molecule has 1 saturated heterocycles. The summed E-state index contributed by atoms with van der Waals surface area (Å²) in [7, 11) is 1.58. The Hall–Kier alpha value is -2.12. The summed E-state index contributed by atoms with van der Waals surface area (Å²) >= 11 is 8.64. The summed E-state index contributed by atoms with van der Waals surface area (Å²) in [5.41, 5.74) is 2.56. The Morgan fingerprint density at radius 1 is 1.11 bits per heavy atom. The van der Waals surface area contributed by atoms with Gasteiger partial charge in [0.2, 0.25) is 0 Å². The number of rotatable bonds is 4. The third kappa shape index (κ3) is 5.20. The van der Waals surface area contributed by atoms with E-state index < -0.39 is 0 Å². The van der Waals surface area contributed by atoms with Gasteiger partial charge in [-0.1, -0.05) is 0 Å². The minimum Gasteiger partial charge on any atom is -0.496 e. The van der Waals surface area contributed by atoms with Crippen molar-refractivity contribution in [3.63, 3.8) is 0 Å². The van der Waals surface area contributed by atoms with Gasteiger partial charge in [0.05, 0.1) is 11.6 Å². The number of ether oxygens (including phenoxy) is 1. The van der Waals surface area contributed by atoms with Crippen LogP contribution in [0, 0.1) is 0 Å². The van der Waals surface area contributed by atoms with Crippen molar-refractivity contribution in [1.29, 1.82) is 0 Å². The van der Waals surface area contributed by atoms with Gasteiger partial charge in [-0.3, -0.25) is 10.1 Å². The number of anilines is 2. The van der Waals surface area contributed by atoms with Crippen LogP contribution in [0.15, 0.2) is 46.9 Å². The first-order valence-corrected chi connectivity index (χ1v) is 10.1. The molecule has 1 aliphatic rings. The molecule has 0 atom stereocenters. The Balaban J connectivity index is 1.57. The van der Waals surface area contributed by atoms with E-state index in [4.69, 9.17) is 17.0 Å². The molecule has 0 aromatic heterocycles. The Bertz CT molecular complexity index is 820. The lowest BCUT2D eigenvalue weighted by Crippen LogP contribution is -2.34. The maximum atomic E-state index is 12.4. The Labute approximate surface area is 173 Å². The van der Waals surface area contributed by atoms with Crippen molar-refractivity contribution in [2.45, 2.75) is 19.3 Å². The summed E-state index contributed by atoms with van der Waals surface area (Å²) < 4.78 is 5.89. The van der Waals surface area contributed by atoms with Crippen LogP contribution in [0.5, 0.6) is 5.75 Å². The molecule has 1 heterocycles. The van der Waals surface area contributed by atoms with Crippen molar-refractivity contribution in [3.05, 3.63) is 52.5 Å². The minimum absolute atomic E-state index is 0.262. The van der Waals surface area contributed by atoms with E-state index in [1.54, 1.807) is 25.3 Å². The van der Waals surface area contributed by atoms with Crippen LogP contribution in [-0.4, -0.2) is 31.2 Å². The van der Waals surface area contributed by atoms with E-state index in [0.717, 1.165) is 18.8 Å². The zero-order valence-electron chi connectivity index (χ0n) is 15.1. The number of methoxy groups -OCH3 is 1. The van der Waals surface area contributed by atoms with E-state index in [1.807, 2.05) is 12.1 Å². The van der Waals surface area contributed by atoms with Gasteiger partial charge in [0.1, 0.15) is 5.75 Å². The highest BCUT2D eigenvalue weighted by atomic mass is 79.9. The summed E-state index contributed by atoms with van der Waals surface area (Å²) in [6.07, 6.45) is 3.81. The predicted octanol–water partition coefficient (Wildman–Crippen LogP) is 4.57. The number of carbonyl (C=O) groups is 1. The second kappa shape index (κ2) is 9.19. The highest BCUT2D eigenvalue weighted by Gasteiger charge is 2.12. The van der Waals surface area contributed by atoms with Gasteiger partial charge in [-0.15, -0.1) is 0 Å². The molecule has 1 fully saturated rings. The number of hydrogen-bond acceptors (Lipinski definition) is 4. The van der Waals surface area contributed by atoms with E-state index in [9.17, 15) is 4.79 Å². The van der Waals surface area contributed by atoms with Crippen LogP contribution in [0.25, 0.3) is 0 Å². The fourth-order valence-corrected chi connectivity index (χ4v) is 3.80. The maximum absolute atomic E-state index is 12.4. The fraction of sp³-hybridized carbons (Fsp3) is 0.300. The molecular formula is C20H22BrN3O2S. The van der Waals surface area contributed by atoms with E-state index in [1.165, 1.54) is 24.9 Å². The first kappa shape index (κ1) is 19.6. The number of nitrogens with zero attached hydrogens (tertiary/aromatic N) is 1. The number of halogens is 1. The van der Waals surface area contributed by atoms with Gasteiger partial charge < -0.3 is 15.0 Å². The molecule has 2 aromatic rings. The number of benzene rings is 2. The van der Waals surface area contributed by atoms with Gasteiger partial charge >= 0.3 is 0 Å². The molecular weight excluding hydrogens is 426 g/mol. The van der Waals surface area contributed by atoms with E-state index in [0.29, 0.717) is 15.8 Å². The normalized spacial score (nSPS) is 13.8. The fourth-order valence-electron chi connectivity index (χ4n) is 3.05. The second-order valence-electron chi connectivity index (χ2n) is 6.35. The lowest BCUT2D eigenvalue weighted by atomic mass is 10.1. The highest BCUT2D eigenvalue weighted by molar-refractivity contribution is 9.10. The lowest BCUT2D eigenvalue weighted by molar-refractivity contribution is 0.0977. The van der Waals surface area contributed by atoms with Gasteiger partial charge in [-0.2, -0.15) is 0 Å². The second-order valence-corrected chi connectivity index (χ2v) is 7.61. The summed E-state index contributed by atoms with van der Waals surface area (Å²) in [5, 5.41) is 6.01. The first-order valence-electron chi connectivity index (χ1n) is 8.88. The monoisotopic (exact) mass is 447 g/mol. The molecule has 1 aliphatic heterocycles. The van der Waals surface area contributed by atoms with E-state index in [2.05, 4.69) is 43.6 Å². The van der Waals surface area contributed by atoms with Gasteiger partial charge in [0.15, 0.2) is 5.11 Å². The summed E-state index contributed by atoms with van der Waals surface area (Å²) in [5.74, 6) is 0.391. The average Bonchev–Trinajstić information content (AvgIpc) is 2.69. The Morgan fingerprint density at radius 3 is 2.44 bits per heavy atom. The number of nitrogens with one attached hydrogen (secondary N) is 2. The molecule has 0 saturated carbocycles. The van der Waals surface area contributed by atoms with Crippen molar-refractivity contribution >= 4 is 50.5 Å². The first-order chi connectivity index (χ1) is 13.1.